The van der Waals surface area contributed by atoms with Crippen LogP contribution in [0, 0.1) is 13.8 Å². The molecule has 2 atom stereocenters. The Bertz CT molecular complexity index is 1020. The second-order valence-electron chi connectivity index (χ2n) is 7.69. The molecule has 0 aliphatic carbocycles. The second kappa shape index (κ2) is 6.55. The molecule has 1 aromatic carbocycles. The van der Waals surface area contributed by atoms with Crippen molar-refractivity contribution in [3.8, 4) is 11.4 Å². The van der Waals surface area contributed by atoms with E-state index in [1.54, 1.807) is 0 Å². The van der Waals surface area contributed by atoms with Crippen LogP contribution in [0.3, 0.4) is 0 Å². The quantitative estimate of drug-likeness (QED) is 0.701. The molecule has 6 heteroatoms. The Morgan fingerprint density at radius 2 is 2.04 bits per heavy atom. The van der Waals surface area contributed by atoms with E-state index in [0.717, 1.165) is 58.9 Å². The van der Waals surface area contributed by atoms with E-state index in [1.807, 2.05) is 50.4 Å². The summed E-state index contributed by atoms with van der Waals surface area (Å²) >= 11 is 0. The molecule has 4 heterocycles. The fraction of sp³-hybridized carbons (Fsp3) is 0.364. The summed E-state index contributed by atoms with van der Waals surface area (Å²) < 4.78 is 5.22. The van der Waals surface area contributed by atoms with Gasteiger partial charge in [-0.1, -0.05) is 35.5 Å². The first-order valence-electron chi connectivity index (χ1n) is 9.76. The van der Waals surface area contributed by atoms with Crippen LogP contribution in [0.25, 0.3) is 11.4 Å². The lowest BCUT2D eigenvalue weighted by Gasteiger charge is -2.35. The maximum atomic E-state index is 13.1. The van der Waals surface area contributed by atoms with Gasteiger partial charge in [0.05, 0.1) is 23.9 Å². The molecule has 2 unspecified atom stereocenters. The second-order valence-corrected chi connectivity index (χ2v) is 7.69. The van der Waals surface area contributed by atoms with Crippen LogP contribution in [0.2, 0.25) is 0 Å². The first kappa shape index (κ1) is 17.1. The number of amides is 1. The summed E-state index contributed by atoms with van der Waals surface area (Å²) in [5.74, 6) is 1.63. The highest BCUT2D eigenvalue weighted by Crippen LogP contribution is 2.43. The van der Waals surface area contributed by atoms with Crippen LogP contribution >= 0.6 is 0 Å². The number of aromatic nitrogens is 3. The Morgan fingerprint density at radius 1 is 1.21 bits per heavy atom. The van der Waals surface area contributed by atoms with Crippen molar-refractivity contribution in [3.63, 3.8) is 0 Å². The lowest BCUT2D eigenvalue weighted by molar-refractivity contribution is -0.134. The van der Waals surface area contributed by atoms with E-state index in [-0.39, 0.29) is 18.0 Å². The molecule has 6 nitrogen and oxygen atoms in total. The van der Waals surface area contributed by atoms with Gasteiger partial charge in [0.25, 0.3) is 0 Å². The van der Waals surface area contributed by atoms with Crippen molar-refractivity contribution in [2.24, 2.45) is 0 Å². The Labute approximate surface area is 163 Å². The van der Waals surface area contributed by atoms with Crippen molar-refractivity contribution in [1.82, 2.24) is 20.0 Å². The highest BCUT2D eigenvalue weighted by Gasteiger charge is 2.43. The van der Waals surface area contributed by atoms with Crippen molar-refractivity contribution >= 4 is 5.91 Å². The molecule has 0 radical (unpaired) electrons. The lowest BCUT2D eigenvalue weighted by atomic mass is 9.97. The highest BCUT2D eigenvalue weighted by molar-refractivity contribution is 5.81. The molecule has 0 N–H and O–H groups in total. The average molecular weight is 374 g/mol. The number of fused-ring (bicyclic) bond motifs is 4. The van der Waals surface area contributed by atoms with Crippen LogP contribution in [-0.4, -0.2) is 32.0 Å². The average Bonchev–Trinajstić information content (AvgIpc) is 3.21. The van der Waals surface area contributed by atoms with E-state index >= 15 is 0 Å². The first-order chi connectivity index (χ1) is 13.6. The van der Waals surface area contributed by atoms with Crippen LogP contribution < -0.4 is 0 Å². The number of hydrogen-bond donors (Lipinski definition) is 0. The zero-order chi connectivity index (χ0) is 19.3. The summed E-state index contributed by atoms with van der Waals surface area (Å²) in [7, 11) is 0. The van der Waals surface area contributed by atoms with Gasteiger partial charge in [0.2, 0.25) is 5.91 Å². The first-order valence-corrected chi connectivity index (χ1v) is 9.76. The van der Waals surface area contributed by atoms with Crippen LogP contribution in [0.5, 0.6) is 0 Å². The maximum absolute atomic E-state index is 13.1. The molecule has 0 spiro atoms. The molecule has 2 aromatic heterocycles. The van der Waals surface area contributed by atoms with Crippen molar-refractivity contribution in [2.75, 3.05) is 0 Å². The van der Waals surface area contributed by atoms with Gasteiger partial charge in [-0.15, -0.1) is 0 Å². The summed E-state index contributed by atoms with van der Waals surface area (Å²) in [6.07, 6.45) is 5.04. The van der Waals surface area contributed by atoms with Crippen molar-refractivity contribution in [2.45, 2.75) is 51.6 Å². The number of hydrogen-bond acceptors (Lipinski definition) is 5. The number of nitrogens with zero attached hydrogens (tertiary/aromatic N) is 4. The monoisotopic (exact) mass is 374 g/mol. The standard InChI is InChI=1S/C22H22N4O2/c1-13-17(14(2)28-25-13)11-21(27)26-16-8-9-20(26)18-12-23-22(24-19(18)10-16)15-6-4-3-5-7-15/h3-7,12,16,20H,8-11H2,1-2H3. The number of carbonyl (C=O) groups excluding carboxylic acids is 1. The topological polar surface area (TPSA) is 72.1 Å². The molecular formula is C22H22N4O2. The Hall–Kier alpha value is -3.02. The van der Waals surface area contributed by atoms with E-state index in [2.05, 4.69) is 15.0 Å². The van der Waals surface area contributed by atoms with Gasteiger partial charge in [-0.25, -0.2) is 9.97 Å². The predicted molar refractivity (Wildman–Crippen MR) is 103 cm³/mol. The fourth-order valence-corrected chi connectivity index (χ4v) is 4.58. The molecule has 5 rings (SSSR count). The molecule has 3 aromatic rings. The molecule has 28 heavy (non-hydrogen) atoms. The summed E-state index contributed by atoms with van der Waals surface area (Å²) in [6, 6.07) is 10.3. The zero-order valence-corrected chi connectivity index (χ0v) is 16.1. The number of rotatable bonds is 3. The molecular weight excluding hydrogens is 352 g/mol. The van der Waals surface area contributed by atoms with Crippen LogP contribution in [0.4, 0.5) is 0 Å². The SMILES string of the molecule is Cc1noc(C)c1CC(=O)N1C2CCC1c1cnc(-c3ccccc3)nc1C2. The third kappa shape index (κ3) is 2.71. The van der Waals surface area contributed by atoms with Gasteiger partial charge in [0.15, 0.2) is 5.82 Å². The smallest absolute Gasteiger partial charge is 0.227 e. The Balaban J connectivity index is 1.44. The molecule has 2 aliphatic heterocycles. The van der Waals surface area contributed by atoms with Crippen molar-refractivity contribution < 1.29 is 9.32 Å². The number of carbonyl (C=O) groups is 1. The number of benzene rings is 1. The van der Waals surface area contributed by atoms with E-state index in [4.69, 9.17) is 9.51 Å². The largest absolute Gasteiger partial charge is 0.361 e. The summed E-state index contributed by atoms with van der Waals surface area (Å²) in [5.41, 5.74) is 4.91. The fourth-order valence-electron chi connectivity index (χ4n) is 4.58. The van der Waals surface area contributed by atoms with E-state index in [1.165, 1.54) is 0 Å². The molecule has 2 aliphatic rings. The normalized spacial score (nSPS) is 20.3. The molecule has 0 saturated carbocycles. The number of aryl methyl sites for hydroxylation is 2. The van der Waals surface area contributed by atoms with Crippen LogP contribution in [0.1, 0.15) is 47.2 Å². The van der Waals surface area contributed by atoms with Gasteiger partial charge >= 0.3 is 0 Å². The molecule has 1 amide bonds. The maximum Gasteiger partial charge on any atom is 0.227 e. The minimum atomic E-state index is 0.0755. The molecule has 142 valence electrons. The third-order valence-corrected chi connectivity index (χ3v) is 6.02. The Kier molecular flexibility index (Phi) is 4.00. The van der Waals surface area contributed by atoms with E-state index in [9.17, 15) is 4.79 Å². The van der Waals surface area contributed by atoms with Gasteiger partial charge in [-0.2, -0.15) is 0 Å². The lowest BCUT2D eigenvalue weighted by Crippen LogP contribution is -2.43. The minimum Gasteiger partial charge on any atom is -0.361 e. The van der Waals surface area contributed by atoms with Gasteiger partial charge in [0, 0.05) is 35.3 Å². The summed E-state index contributed by atoms with van der Waals surface area (Å²) in [5, 5.41) is 3.98. The van der Waals surface area contributed by atoms with Crippen LogP contribution in [-0.2, 0) is 17.6 Å². The predicted octanol–water partition coefficient (Wildman–Crippen LogP) is 3.58. The third-order valence-electron chi connectivity index (χ3n) is 6.02. The highest BCUT2D eigenvalue weighted by atomic mass is 16.5. The van der Waals surface area contributed by atoms with Gasteiger partial charge in [0.1, 0.15) is 5.76 Å². The zero-order valence-electron chi connectivity index (χ0n) is 16.1. The van der Waals surface area contributed by atoms with E-state index in [0.29, 0.717) is 6.42 Å². The van der Waals surface area contributed by atoms with E-state index < -0.39 is 0 Å². The minimum absolute atomic E-state index is 0.0755. The van der Waals surface area contributed by atoms with Gasteiger partial charge < -0.3 is 9.42 Å². The van der Waals surface area contributed by atoms with Crippen LogP contribution in [0.15, 0.2) is 41.1 Å². The Morgan fingerprint density at radius 3 is 2.79 bits per heavy atom. The molecule has 1 fully saturated rings. The molecule has 2 bridgehead atoms. The van der Waals surface area contributed by atoms with Crippen molar-refractivity contribution in [3.05, 3.63) is 64.8 Å². The van der Waals surface area contributed by atoms with Gasteiger partial charge in [-0.3, -0.25) is 4.79 Å². The molecule has 1 saturated heterocycles. The summed E-state index contributed by atoms with van der Waals surface area (Å²) in [6.45, 7) is 3.75. The summed E-state index contributed by atoms with van der Waals surface area (Å²) in [4.78, 5) is 24.7. The van der Waals surface area contributed by atoms with Crippen molar-refractivity contribution in [1.29, 1.82) is 0 Å². The van der Waals surface area contributed by atoms with Gasteiger partial charge in [-0.05, 0) is 26.7 Å².